The van der Waals surface area contributed by atoms with E-state index in [0.717, 1.165) is 11.8 Å². The van der Waals surface area contributed by atoms with Gasteiger partial charge < -0.3 is 14.5 Å². The maximum atomic E-state index is 5.44. The second-order valence-corrected chi connectivity index (χ2v) is 7.67. The highest BCUT2D eigenvalue weighted by Gasteiger charge is 2.30. The number of piperidine rings is 2. The molecule has 3 nitrogen and oxygen atoms in total. The molecule has 3 rings (SSSR count). The molecule has 2 aliphatic rings. The van der Waals surface area contributed by atoms with Gasteiger partial charge in [-0.15, -0.1) is 0 Å². The third kappa shape index (κ3) is 4.07. The number of benzene rings is 1. The molecule has 2 saturated heterocycles. The molecule has 0 saturated carbocycles. The molecule has 0 amide bonds. The number of aryl methyl sites for hydroxylation is 2. The number of likely N-dealkylation sites (tertiary alicyclic amines) is 2. The molecule has 0 unspecified atom stereocenters. The smallest absolute Gasteiger partial charge is 0.122 e. The van der Waals surface area contributed by atoms with Crippen LogP contribution in [0.5, 0.6) is 5.75 Å². The van der Waals surface area contributed by atoms with E-state index in [1.54, 1.807) is 12.0 Å². The molecule has 2 fully saturated rings. The van der Waals surface area contributed by atoms with Crippen LogP contribution in [0.3, 0.4) is 0 Å². The number of quaternary nitrogens is 2. The lowest BCUT2D eigenvalue weighted by Crippen LogP contribution is -3.20. The fraction of sp³-hybridized carbons (Fsp3) is 0.700. The van der Waals surface area contributed by atoms with Gasteiger partial charge in [-0.2, -0.15) is 0 Å². The first kappa shape index (κ1) is 16.8. The van der Waals surface area contributed by atoms with Gasteiger partial charge in [-0.25, -0.2) is 0 Å². The van der Waals surface area contributed by atoms with Crippen molar-refractivity contribution in [2.24, 2.45) is 0 Å². The van der Waals surface area contributed by atoms with Gasteiger partial charge in [-0.3, -0.25) is 0 Å². The first-order valence-electron chi connectivity index (χ1n) is 9.49. The number of nitrogens with one attached hydrogen (secondary N) is 2. The quantitative estimate of drug-likeness (QED) is 0.845. The standard InChI is InChI=1S/C20H32N2O/c1-16-14-20(23-3)17(2)13-18(16)15-21-11-7-19(8-12-21)22-9-5-4-6-10-22/h13-14,19H,4-12,15H2,1-3H3/p+2. The third-order valence-corrected chi connectivity index (χ3v) is 6.06. The number of methoxy groups -OCH3 is 1. The Hall–Kier alpha value is -1.06. The molecule has 3 heteroatoms. The van der Waals surface area contributed by atoms with Gasteiger partial charge in [0.05, 0.1) is 39.3 Å². The van der Waals surface area contributed by atoms with Crippen LogP contribution in [0.1, 0.15) is 48.8 Å². The lowest BCUT2D eigenvalue weighted by molar-refractivity contribution is -0.965. The van der Waals surface area contributed by atoms with Crippen LogP contribution in [0.15, 0.2) is 12.1 Å². The van der Waals surface area contributed by atoms with E-state index in [-0.39, 0.29) is 0 Å². The second-order valence-electron chi connectivity index (χ2n) is 7.67. The first-order chi connectivity index (χ1) is 11.2. The molecule has 2 heterocycles. The van der Waals surface area contributed by atoms with E-state index >= 15 is 0 Å². The minimum Gasteiger partial charge on any atom is -0.496 e. The van der Waals surface area contributed by atoms with Crippen LogP contribution in [0.2, 0.25) is 0 Å². The molecule has 0 spiro atoms. The van der Waals surface area contributed by atoms with Crippen molar-refractivity contribution in [1.82, 2.24) is 0 Å². The SMILES string of the molecule is COc1cc(C)c(C[NH+]2CCC([NH+]3CCCCC3)CC2)cc1C. The molecule has 1 aromatic carbocycles. The summed E-state index contributed by atoms with van der Waals surface area (Å²) in [7, 11) is 1.76. The Morgan fingerprint density at radius 2 is 1.65 bits per heavy atom. The second kappa shape index (κ2) is 7.67. The molecule has 2 aliphatic heterocycles. The molecule has 0 atom stereocenters. The Labute approximate surface area is 141 Å². The van der Waals surface area contributed by atoms with Crippen molar-refractivity contribution in [3.8, 4) is 5.75 Å². The predicted octanol–water partition coefficient (Wildman–Crippen LogP) is 0.928. The Kier molecular flexibility index (Phi) is 5.60. The molecular formula is C20H34N2O+2. The van der Waals surface area contributed by atoms with Gasteiger partial charge in [0.2, 0.25) is 0 Å². The Bertz CT molecular complexity index is 515. The monoisotopic (exact) mass is 318 g/mol. The molecule has 23 heavy (non-hydrogen) atoms. The van der Waals surface area contributed by atoms with Crippen molar-refractivity contribution >= 4 is 0 Å². The fourth-order valence-electron chi connectivity index (χ4n) is 4.55. The normalized spacial score (nSPS) is 26.2. The molecule has 0 radical (unpaired) electrons. The topological polar surface area (TPSA) is 18.1 Å². The average molecular weight is 319 g/mol. The van der Waals surface area contributed by atoms with Crippen LogP contribution in [0.4, 0.5) is 0 Å². The van der Waals surface area contributed by atoms with Gasteiger partial charge in [0.15, 0.2) is 0 Å². The highest BCUT2D eigenvalue weighted by Crippen LogP contribution is 2.22. The van der Waals surface area contributed by atoms with Crippen LogP contribution in [-0.4, -0.2) is 39.3 Å². The highest BCUT2D eigenvalue weighted by atomic mass is 16.5. The molecule has 0 bridgehead atoms. The number of rotatable bonds is 4. The summed E-state index contributed by atoms with van der Waals surface area (Å²) in [6.07, 6.45) is 7.20. The Morgan fingerprint density at radius 1 is 0.957 bits per heavy atom. The van der Waals surface area contributed by atoms with E-state index in [0.29, 0.717) is 0 Å². The van der Waals surface area contributed by atoms with E-state index in [4.69, 9.17) is 4.74 Å². The van der Waals surface area contributed by atoms with Gasteiger partial charge in [0.25, 0.3) is 0 Å². The Morgan fingerprint density at radius 3 is 2.30 bits per heavy atom. The predicted molar refractivity (Wildman–Crippen MR) is 94.4 cm³/mol. The van der Waals surface area contributed by atoms with Gasteiger partial charge >= 0.3 is 0 Å². The molecule has 2 N–H and O–H groups in total. The van der Waals surface area contributed by atoms with Crippen LogP contribution in [0.25, 0.3) is 0 Å². The lowest BCUT2D eigenvalue weighted by atomic mass is 9.98. The van der Waals surface area contributed by atoms with E-state index in [9.17, 15) is 0 Å². The zero-order chi connectivity index (χ0) is 16.2. The first-order valence-corrected chi connectivity index (χ1v) is 9.49. The molecule has 128 valence electrons. The minimum absolute atomic E-state index is 0.942. The molecular weight excluding hydrogens is 284 g/mol. The zero-order valence-corrected chi connectivity index (χ0v) is 15.2. The lowest BCUT2D eigenvalue weighted by Gasteiger charge is -2.36. The number of ether oxygens (including phenoxy) is 1. The average Bonchev–Trinajstić information content (AvgIpc) is 2.59. The summed E-state index contributed by atoms with van der Waals surface area (Å²) in [5.41, 5.74) is 4.14. The molecule has 1 aromatic rings. The van der Waals surface area contributed by atoms with Crippen molar-refractivity contribution in [2.75, 3.05) is 33.3 Å². The fourth-order valence-corrected chi connectivity index (χ4v) is 4.55. The summed E-state index contributed by atoms with van der Waals surface area (Å²) in [5, 5.41) is 0. The highest BCUT2D eigenvalue weighted by molar-refractivity contribution is 5.41. The Balaban J connectivity index is 1.55. The number of hydrogen-bond acceptors (Lipinski definition) is 1. The maximum absolute atomic E-state index is 5.44. The largest absolute Gasteiger partial charge is 0.496 e. The van der Waals surface area contributed by atoms with E-state index < -0.39 is 0 Å². The van der Waals surface area contributed by atoms with Gasteiger partial charge in [0, 0.05) is 18.4 Å². The summed E-state index contributed by atoms with van der Waals surface area (Å²) in [6, 6.07) is 5.48. The summed E-state index contributed by atoms with van der Waals surface area (Å²) >= 11 is 0. The summed E-state index contributed by atoms with van der Waals surface area (Å²) in [5.74, 6) is 1.02. The summed E-state index contributed by atoms with van der Waals surface area (Å²) in [4.78, 5) is 3.68. The van der Waals surface area contributed by atoms with E-state index in [1.165, 1.54) is 81.5 Å². The van der Waals surface area contributed by atoms with Crippen molar-refractivity contribution in [3.05, 3.63) is 28.8 Å². The minimum atomic E-state index is 0.942. The van der Waals surface area contributed by atoms with Crippen LogP contribution in [-0.2, 0) is 6.54 Å². The van der Waals surface area contributed by atoms with Crippen LogP contribution in [0, 0.1) is 13.8 Å². The van der Waals surface area contributed by atoms with Gasteiger partial charge in [-0.1, -0.05) is 0 Å². The van der Waals surface area contributed by atoms with E-state index in [1.807, 2.05) is 4.90 Å². The van der Waals surface area contributed by atoms with Crippen molar-refractivity contribution in [2.45, 2.75) is 58.5 Å². The van der Waals surface area contributed by atoms with Crippen LogP contribution >= 0.6 is 0 Å². The molecule has 0 aliphatic carbocycles. The zero-order valence-electron chi connectivity index (χ0n) is 15.2. The van der Waals surface area contributed by atoms with Crippen LogP contribution < -0.4 is 14.5 Å². The maximum Gasteiger partial charge on any atom is 0.122 e. The number of hydrogen-bond donors (Lipinski definition) is 2. The van der Waals surface area contributed by atoms with E-state index in [2.05, 4.69) is 26.0 Å². The van der Waals surface area contributed by atoms with Gasteiger partial charge in [-0.05, 0) is 56.4 Å². The molecule has 0 aromatic heterocycles. The summed E-state index contributed by atoms with van der Waals surface area (Å²) in [6.45, 7) is 11.1. The van der Waals surface area contributed by atoms with Crippen molar-refractivity contribution < 1.29 is 14.5 Å². The summed E-state index contributed by atoms with van der Waals surface area (Å²) < 4.78 is 5.44. The van der Waals surface area contributed by atoms with Crippen molar-refractivity contribution in [3.63, 3.8) is 0 Å². The van der Waals surface area contributed by atoms with Crippen molar-refractivity contribution in [1.29, 1.82) is 0 Å². The third-order valence-electron chi connectivity index (χ3n) is 6.06. The van der Waals surface area contributed by atoms with Gasteiger partial charge in [0.1, 0.15) is 12.3 Å².